The van der Waals surface area contributed by atoms with Gasteiger partial charge in [-0.2, -0.15) is 0 Å². The van der Waals surface area contributed by atoms with E-state index >= 15 is 0 Å². The van der Waals surface area contributed by atoms with E-state index < -0.39 is 0 Å². The molecule has 1 aliphatic carbocycles. The van der Waals surface area contributed by atoms with Gasteiger partial charge in [-0.1, -0.05) is 60.3 Å². The summed E-state index contributed by atoms with van der Waals surface area (Å²) < 4.78 is 0. The second-order valence-corrected chi connectivity index (χ2v) is 7.65. The Morgan fingerprint density at radius 3 is 2.47 bits per heavy atom. The zero-order chi connectivity index (χ0) is 14.5. The molecule has 0 aromatic heterocycles. The maximum Gasteiger partial charge on any atom is 0.136 e. The van der Waals surface area contributed by atoms with Crippen molar-refractivity contribution in [1.29, 1.82) is 0 Å². The van der Waals surface area contributed by atoms with Crippen LogP contribution in [-0.2, 0) is 4.79 Å². The van der Waals surface area contributed by atoms with Gasteiger partial charge in [0.2, 0.25) is 0 Å². The molecule has 0 radical (unpaired) electrons. The Bertz CT molecular complexity index is 274. The van der Waals surface area contributed by atoms with Crippen molar-refractivity contribution in [2.45, 2.75) is 86.0 Å². The average Bonchev–Trinajstić information content (AvgIpc) is 2.35. The van der Waals surface area contributed by atoms with E-state index in [9.17, 15) is 4.79 Å². The van der Waals surface area contributed by atoms with Crippen molar-refractivity contribution >= 4 is 5.78 Å². The van der Waals surface area contributed by atoms with Gasteiger partial charge >= 0.3 is 0 Å². The molecule has 112 valence electrons. The number of carbonyl (C=O) groups excluding carboxylic acids is 1. The molecule has 19 heavy (non-hydrogen) atoms. The van der Waals surface area contributed by atoms with E-state index in [-0.39, 0.29) is 0 Å². The van der Waals surface area contributed by atoms with Crippen LogP contribution in [0.4, 0.5) is 0 Å². The summed E-state index contributed by atoms with van der Waals surface area (Å²) in [5.41, 5.74) is 0.365. The smallest absolute Gasteiger partial charge is 0.136 e. The third-order valence-electron chi connectivity index (χ3n) is 5.15. The summed E-state index contributed by atoms with van der Waals surface area (Å²) in [6, 6.07) is 0. The van der Waals surface area contributed by atoms with Gasteiger partial charge in [0, 0.05) is 12.3 Å². The molecule has 0 bridgehead atoms. The molecule has 0 spiro atoms. The highest BCUT2D eigenvalue weighted by molar-refractivity contribution is 5.81. The minimum Gasteiger partial charge on any atom is -0.299 e. The van der Waals surface area contributed by atoms with E-state index in [1.165, 1.54) is 25.7 Å². The number of unbranched alkanes of at least 4 members (excludes halogenated alkanes) is 1. The molecule has 1 fully saturated rings. The number of rotatable bonds is 6. The summed E-state index contributed by atoms with van der Waals surface area (Å²) in [7, 11) is 0. The van der Waals surface area contributed by atoms with Gasteiger partial charge in [-0.05, 0) is 36.5 Å². The fraction of sp³-hybridized carbons (Fsp3) is 0.944. The van der Waals surface area contributed by atoms with E-state index in [0.29, 0.717) is 17.1 Å². The van der Waals surface area contributed by atoms with E-state index in [2.05, 4.69) is 34.6 Å². The summed E-state index contributed by atoms with van der Waals surface area (Å²) >= 11 is 0. The molecule has 0 aliphatic heterocycles. The van der Waals surface area contributed by atoms with Gasteiger partial charge in [-0.25, -0.2) is 0 Å². The summed E-state index contributed by atoms with van der Waals surface area (Å²) in [6.45, 7) is 11.5. The quantitative estimate of drug-likeness (QED) is 0.609. The zero-order valence-electron chi connectivity index (χ0n) is 13.8. The monoisotopic (exact) mass is 266 g/mol. The topological polar surface area (TPSA) is 17.1 Å². The van der Waals surface area contributed by atoms with Crippen LogP contribution in [0.2, 0.25) is 0 Å². The third-order valence-corrected chi connectivity index (χ3v) is 5.15. The van der Waals surface area contributed by atoms with Crippen LogP contribution in [0.5, 0.6) is 0 Å². The lowest BCUT2D eigenvalue weighted by atomic mass is 9.67. The largest absolute Gasteiger partial charge is 0.299 e. The Morgan fingerprint density at radius 1 is 1.26 bits per heavy atom. The van der Waals surface area contributed by atoms with E-state index in [4.69, 9.17) is 0 Å². The number of hydrogen-bond acceptors (Lipinski definition) is 1. The molecule has 1 rings (SSSR count). The van der Waals surface area contributed by atoms with Crippen LogP contribution < -0.4 is 0 Å². The highest BCUT2D eigenvalue weighted by atomic mass is 16.1. The van der Waals surface area contributed by atoms with Crippen LogP contribution in [0.1, 0.15) is 86.0 Å². The Morgan fingerprint density at radius 2 is 1.95 bits per heavy atom. The zero-order valence-corrected chi connectivity index (χ0v) is 13.8. The summed E-state index contributed by atoms with van der Waals surface area (Å²) in [5.74, 6) is 2.42. The van der Waals surface area contributed by atoms with Crippen molar-refractivity contribution < 1.29 is 4.79 Å². The second kappa shape index (κ2) is 7.45. The molecule has 1 aliphatic rings. The van der Waals surface area contributed by atoms with Crippen molar-refractivity contribution in [3.63, 3.8) is 0 Å². The third kappa shape index (κ3) is 5.28. The molecule has 0 saturated heterocycles. The Balaban J connectivity index is 2.56. The molecule has 0 aromatic rings. The van der Waals surface area contributed by atoms with Gasteiger partial charge < -0.3 is 0 Å². The maximum atomic E-state index is 12.2. The van der Waals surface area contributed by atoms with Crippen LogP contribution >= 0.6 is 0 Å². The minimum atomic E-state index is 0.361. The second-order valence-electron chi connectivity index (χ2n) is 7.65. The molecule has 0 N–H and O–H groups in total. The van der Waals surface area contributed by atoms with Crippen LogP contribution in [0.15, 0.2) is 0 Å². The maximum absolute atomic E-state index is 12.2. The minimum absolute atomic E-state index is 0.361. The fourth-order valence-electron chi connectivity index (χ4n) is 3.51. The van der Waals surface area contributed by atoms with Gasteiger partial charge in [-0.15, -0.1) is 0 Å². The molecule has 0 aromatic carbocycles. The first-order valence-corrected chi connectivity index (χ1v) is 8.41. The highest BCUT2D eigenvalue weighted by Crippen LogP contribution is 2.41. The number of Topliss-reactive ketones (excluding diaryl/α,β-unsaturated/α-hetero) is 1. The molecule has 0 amide bonds. The Hall–Kier alpha value is -0.330. The van der Waals surface area contributed by atoms with Gasteiger partial charge in [-0.3, -0.25) is 4.79 Å². The van der Waals surface area contributed by atoms with Crippen molar-refractivity contribution in [2.75, 3.05) is 0 Å². The first kappa shape index (κ1) is 16.7. The molecule has 1 nitrogen and oxygen atoms in total. The number of carbonyl (C=O) groups is 1. The van der Waals surface area contributed by atoms with Crippen molar-refractivity contribution in [3.8, 4) is 0 Å². The van der Waals surface area contributed by atoms with Gasteiger partial charge in [0.15, 0.2) is 0 Å². The normalized spacial score (nSPS) is 26.5. The number of hydrogen-bond donors (Lipinski definition) is 0. The molecule has 1 saturated carbocycles. The first-order valence-electron chi connectivity index (χ1n) is 8.41. The lowest BCUT2D eigenvalue weighted by Crippen LogP contribution is -2.33. The molecule has 3 atom stereocenters. The standard InChI is InChI=1S/C18H34O/c1-6-8-9-14(7-2)12-15-13-16(18(3,4)5)10-11-17(15)19/h14-16H,6-13H2,1-5H3. The Labute approximate surface area is 120 Å². The molecule has 1 heteroatoms. The molecule has 0 heterocycles. The predicted molar refractivity (Wildman–Crippen MR) is 83.2 cm³/mol. The average molecular weight is 266 g/mol. The van der Waals surface area contributed by atoms with Gasteiger partial charge in [0.25, 0.3) is 0 Å². The van der Waals surface area contributed by atoms with E-state index in [0.717, 1.165) is 37.5 Å². The van der Waals surface area contributed by atoms with Gasteiger partial charge in [0.05, 0.1) is 0 Å². The summed E-state index contributed by atoms with van der Waals surface area (Å²) in [4.78, 5) is 12.2. The summed E-state index contributed by atoms with van der Waals surface area (Å²) in [5, 5.41) is 0. The van der Waals surface area contributed by atoms with Crippen molar-refractivity contribution in [3.05, 3.63) is 0 Å². The first-order chi connectivity index (χ1) is 8.88. The van der Waals surface area contributed by atoms with Crippen LogP contribution in [0.25, 0.3) is 0 Å². The predicted octanol–water partition coefficient (Wildman–Crippen LogP) is 5.62. The van der Waals surface area contributed by atoms with Crippen molar-refractivity contribution in [2.24, 2.45) is 23.2 Å². The fourth-order valence-corrected chi connectivity index (χ4v) is 3.51. The van der Waals surface area contributed by atoms with Crippen LogP contribution in [-0.4, -0.2) is 5.78 Å². The van der Waals surface area contributed by atoms with Gasteiger partial charge in [0.1, 0.15) is 5.78 Å². The molecule has 3 unspecified atom stereocenters. The summed E-state index contributed by atoms with van der Waals surface area (Å²) in [6.07, 6.45) is 9.40. The van der Waals surface area contributed by atoms with Crippen LogP contribution in [0.3, 0.4) is 0 Å². The van der Waals surface area contributed by atoms with E-state index in [1.807, 2.05) is 0 Å². The Kier molecular flexibility index (Phi) is 6.56. The lowest BCUT2D eigenvalue weighted by Gasteiger charge is -2.38. The molecular formula is C18H34O. The lowest BCUT2D eigenvalue weighted by molar-refractivity contribution is -0.127. The molecular weight excluding hydrogens is 232 g/mol. The SMILES string of the molecule is CCCCC(CC)CC1CC(C(C)(C)C)CCC1=O. The van der Waals surface area contributed by atoms with Crippen molar-refractivity contribution in [1.82, 2.24) is 0 Å². The van der Waals surface area contributed by atoms with E-state index in [1.54, 1.807) is 0 Å². The number of ketones is 1. The van der Waals surface area contributed by atoms with Crippen LogP contribution in [0, 0.1) is 23.2 Å². The highest BCUT2D eigenvalue weighted by Gasteiger charge is 2.35.